The van der Waals surface area contributed by atoms with Crippen molar-refractivity contribution in [1.29, 1.82) is 0 Å². The van der Waals surface area contributed by atoms with Crippen molar-refractivity contribution in [2.24, 2.45) is 0 Å². The molecule has 22 heavy (non-hydrogen) atoms. The summed E-state index contributed by atoms with van der Waals surface area (Å²) in [6.45, 7) is 3.83. The normalized spacial score (nSPS) is 11.2. The van der Waals surface area contributed by atoms with E-state index in [1.165, 1.54) is 16.6 Å². The number of hydrogen-bond donors (Lipinski definition) is 0. The molecule has 1 aromatic heterocycles. The maximum atomic E-state index is 4.44. The molecule has 2 nitrogen and oxygen atoms in total. The summed E-state index contributed by atoms with van der Waals surface area (Å²) in [5.41, 5.74) is 4.63. The molecule has 0 bridgehead atoms. The van der Waals surface area contributed by atoms with Gasteiger partial charge in [0.2, 0.25) is 7.28 Å². The van der Waals surface area contributed by atoms with Gasteiger partial charge in [-0.3, -0.25) is 4.98 Å². The summed E-state index contributed by atoms with van der Waals surface area (Å²) in [5.74, 6) is 0. The van der Waals surface area contributed by atoms with Crippen molar-refractivity contribution in [3.05, 3.63) is 90.8 Å². The maximum absolute atomic E-state index is 4.44. The minimum Gasteiger partial charge on any atom is -0.319 e. The predicted molar refractivity (Wildman–Crippen MR) is 96.2 cm³/mol. The van der Waals surface area contributed by atoms with Crippen molar-refractivity contribution in [3.63, 3.8) is 0 Å². The molecule has 0 unspecified atom stereocenters. The van der Waals surface area contributed by atoms with Crippen molar-refractivity contribution in [2.45, 2.75) is 0 Å². The average Bonchev–Trinajstić information content (AvgIpc) is 3.03. The Hall–Kier alpha value is -2.81. The molecule has 0 atom stereocenters. The SMILES string of the molecule is C=Cn1ccnc1BC(=Cc1ccccc1)c1ccccc1. The van der Waals surface area contributed by atoms with Crippen LogP contribution in [-0.2, 0) is 0 Å². The zero-order chi connectivity index (χ0) is 15.2. The zero-order valence-corrected chi connectivity index (χ0v) is 12.4. The van der Waals surface area contributed by atoms with Gasteiger partial charge in [-0.2, -0.15) is 0 Å². The lowest BCUT2D eigenvalue weighted by molar-refractivity contribution is 1.20. The maximum Gasteiger partial charge on any atom is 0.239 e. The topological polar surface area (TPSA) is 17.8 Å². The van der Waals surface area contributed by atoms with Gasteiger partial charge in [0.15, 0.2) is 0 Å². The van der Waals surface area contributed by atoms with Crippen LogP contribution in [0.1, 0.15) is 11.1 Å². The van der Waals surface area contributed by atoms with Crippen LogP contribution in [0.3, 0.4) is 0 Å². The van der Waals surface area contributed by atoms with Gasteiger partial charge in [0.05, 0.1) is 5.72 Å². The lowest BCUT2D eigenvalue weighted by atomic mass is 9.65. The van der Waals surface area contributed by atoms with Gasteiger partial charge < -0.3 is 4.57 Å². The molecule has 0 N–H and O–H groups in total. The first-order valence-electron chi connectivity index (χ1n) is 7.32. The van der Waals surface area contributed by atoms with Crippen LogP contribution in [0.15, 0.2) is 79.6 Å². The number of nitrogens with zero attached hydrogens (tertiary/aromatic N) is 2. The monoisotopic (exact) mass is 284 g/mol. The second-order valence-electron chi connectivity index (χ2n) is 5.06. The molecule has 106 valence electrons. The molecule has 3 rings (SSSR count). The van der Waals surface area contributed by atoms with Crippen molar-refractivity contribution in [1.82, 2.24) is 9.55 Å². The summed E-state index contributed by atoms with van der Waals surface area (Å²) in [6.07, 6.45) is 7.74. The third-order valence-corrected chi connectivity index (χ3v) is 3.58. The molecule has 0 fully saturated rings. The highest BCUT2D eigenvalue weighted by Gasteiger charge is 2.09. The molecule has 0 saturated heterocycles. The molecule has 0 aliphatic heterocycles. The number of imidazole rings is 1. The summed E-state index contributed by atoms with van der Waals surface area (Å²) in [5, 5.41) is 0. The molecule has 0 saturated carbocycles. The van der Waals surface area contributed by atoms with Crippen LogP contribution < -0.4 is 5.72 Å². The Labute approximate surface area is 131 Å². The van der Waals surface area contributed by atoms with Crippen LogP contribution in [0.25, 0.3) is 17.7 Å². The molecular weight excluding hydrogens is 267 g/mol. The third-order valence-electron chi connectivity index (χ3n) is 3.58. The molecule has 2 aromatic carbocycles. The molecule has 0 aliphatic rings. The van der Waals surface area contributed by atoms with E-state index in [9.17, 15) is 0 Å². The lowest BCUT2D eigenvalue weighted by Crippen LogP contribution is -2.24. The fraction of sp³-hybridized carbons (Fsp3) is 0. The highest BCUT2D eigenvalue weighted by atomic mass is 15.0. The molecular formula is C19H17BN2. The summed E-state index contributed by atoms with van der Waals surface area (Å²) < 4.78 is 1.96. The largest absolute Gasteiger partial charge is 0.319 e. The molecule has 3 heteroatoms. The van der Waals surface area contributed by atoms with Gasteiger partial charge in [0.25, 0.3) is 0 Å². The first-order chi connectivity index (χ1) is 10.9. The van der Waals surface area contributed by atoms with Crippen LogP contribution in [0, 0.1) is 0 Å². The van der Waals surface area contributed by atoms with Crippen LogP contribution >= 0.6 is 0 Å². The van der Waals surface area contributed by atoms with Crippen molar-refractivity contribution >= 4 is 30.8 Å². The highest BCUT2D eigenvalue weighted by molar-refractivity contribution is 6.73. The average molecular weight is 284 g/mol. The van der Waals surface area contributed by atoms with E-state index in [4.69, 9.17) is 0 Å². The number of benzene rings is 2. The van der Waals surface area contributed by atoms with Gasteiger partial charge in [-0.25, -0.2) is 0 Å². The summed E-state index contributed by atoms with van der Waals surface area (Å²) in [6, 6.07) is 20.8. The van der Waals surface area contributed by atoms with Crippen molar-refractivity contribution < 1.29 is 0 Å². The molecule has 0 radical (unpaired) electrons. The third kappa shape index (κ3) is 3.26. The van der Waals surface area contributed by atoms with Crippen LogP contribution in [0.4, 0.5) is 0 Å². The van der Waals surface area contributed by atoms with Gasteiger partial charge in [0, 0.05) is 18.6 Å². The fourth-order valence-corrected chi connectivity index (χ4v) is 2.46. The molecule has 0 amide bonds. The van der Waals surface area contributed by atoms with Crippen LogP contribution in [-0.4, -0.2) is 16.8 Å². The number of hydrogen-bond acceptors (Lipinski definition) is 1. The fourth-order valence-electron chi connectivity index (χ4n) is 2.46. The molecule has 0 aliphatic carbocycles. The second kappa shape index (κ2) is 6.77. The highest BCUT2D eigenvalue weighted by Crippen LogP contribution is 2.17. The first kappa shape index (κ1) is 14.1. The zero-order valence-electron chi connectivity index (χ0n) is 12.4. The molecule has 3 aromatic rings. The summed E-state index contributed by atoms with van der Waals surface area (Å²) in [4.78, 5) is 4.44. The van der Waals surface area contributed by atoms with Gasteiger partial charge in [-0.1, -0.05) is 78.8 Å². The van der Waals surface area contributed by atoms with E-state index < -0.39 is 0 Å². The Balaban J connectivity index is 2.00. The van der Waals surface area contributed by atoms with Crippen molar-refractivity contribution in [2.75, 3.05) is 0 Å². The minimum atomic E-state index is 0.762. The van der Waals surface area contributed by atoms with Crippen LogP contribution in [0.5, 0.6) is 0 Å². The van der Waals surface area contributed by atoms with Crippen LogP contribution in [0.2, 0.25) is 0 Å². The van der Waals surface area contributed by atoms with Gasteiger partial charge in [-0.15, -0.1) is 0 Å². The van der Waals surface area contributed by atoms with E-state index >= 15 is 0 Å². The predicted octanol–water partition coefficient (Wildman–Crippen LogP) is 3.24. The lowest BCUT2D eigenvalue weighted by Gasteiger charge is -2.08. The Morgan fingerprint density at radius 2 is 1.68 bits per heavy atom. The number of aromatic nitrogens is 2. The van der Waals surface area contributed by atoms with E-state index in [1.807, 2.05) is 29.1 Å². The Morgan fingerprint density at radius 3 is 2.36 bits per heavy atom. The molecule has 0 spiro atoms. The Bertz CT molecular complexity index is 773. The van der Waals surface area contributed by atoms with E-state index in [1.54, 1.807) is 6.20 Å². The second-order valence-corrected chi connectivity index (χ2v) is 5.06. The van der Waals surface area contributed by atoms with E-state index in [0.29, 0.717) is 0 Å². The van der Waals surface area contributed by atoms with Gasteiger partial charge in [-0.05, 0) is 11.1 Å². The smallest absolute Gasteiger partial charge is 0.239 e. The first-order valence-corrected chi connectivity index (χ1v) is 7.32. The Kier molecular flexibility index (Phi) is 4.35. The van der Waals surface area contributed by atoms with Crippen molar-refractivity contribution in [3.8, 4) is 0 Å². The summed E-state index contributed by atoms with van der Waals surface area (Å²) >= 11 is 0. The van der Waals surface area contributed by atoms with Gasteiger partial charge in [0.1, 0.15) is 0 Å². The standard InChI is InChI=1S/C19H17BN2/c1-2-22-14-13-21-19(22)20-18(17-11-7-4-8-12-17)15-16-9-5-3-6-10-16/h2-15,20H,1H2. The van der Waals surface area contributed by atoms with E-state index in [2.05, 4.69) is 66.2 Å². The Morgan fingerprint density at radius 1 is 1.00 bits per heavy atom. The summed E-state index contributed by atoms with van der Waals surface area (Å²) in [7, 11) is 0.762. The van der Waals surface area contributed by atoms with E-state index in [0.717, 1.165) is 13.0 Å². The molecule has 1 heterocycles. The quantitative estimate of drug-likeness (QED) is 0.519. The number of rotatable bonds is 5. The van der Waals surface area contributed by atoms with Gasteiger partial charge >= 0.3 is 0 Å². The minimum absolute atomic E-state index is 0.762. The van der Waals surface area contributed by atoms with E-state index in [-0.39, 0.29) is 0 Å².